The number of benzene rings is 1. The molecule has 118 valence electrons. The lowest BCUT2D eigenvalue weighted by Crippen LogP contribution is -2.42. The molecule has 0 fully saturated rings. The average molecular weight is 314 g/mol. The van der Waals surface area contributed by atoms with E-state index >= 15 is 0 Å². The number of primary sulfonamides is 1. The van der Waals surface area contributed by atoms with Gasteiger partial charge in [0.25, 0.3) is 5.91 Å². The fourth-order valence-electron chi connectivity index (χ4n) is 1.61. The summed E-state index contributed by atoms with van der Waals surface area (Å²) in [5, 5.41) is 8.01. The van der Waals surface area contributed by atoms with E-state index in [9.17, 15) is 13.2 Å². The van der Waals surface area contributed by atoms with Crippen LogP contribution in [0.4, 0.5) is 0 Å². The second-order valence-corrected chi connectivity index (χ2v) is 6.86. The van der Waals surface area contributed by atoms with Crippen molar-refractivity contribution < 1.29 is 17.9 Å². The second kappa shape index (κ2) is 6.44. The molecule has 1 amide bonds. The average Bonchev–Trinajstić information content (AvgIpc) is 2.37. The highest BCUT2D eigenvalue weighted by atomic mass is 32.2. The number of amides is 1. The Hall–Kier alpha value is -1.60. The Morgan fingerprint density at radius 1 is 1.33 bits per heavy atom. The summed E-state index contributed by atoms with van der Waals surface area (Å²) in [5.74, 6) is -0.207. The lowest BCUT2D eigenvalue weighted by Gasteiger charge is -2.24. The Kier molecular flexibility index (Phi) is 5.36. The topological polar surface area (TPSA) is 98.5 Å². The summed E-state index contributed by atoms with van der Waals surface area (Å²) < 4.78 is 28.5. The minimum Gasteiger partial charge on any atom is -0.492 e. The lowest BCUT2D eigenvalue weighted by atomic mass is 10.0. The summed E-state index contributed by atoms with van der Waals surface area (Å²) in [6, 6.07) is 4.19. The first kappa shape index (κ1) is 17.5. The van der Waals surface area contributed by atoms with Gasteiger partial charge in [-0.05, 0) is 45.4 Å². The normalized spacial score (nSPS) is 12.0. The predicted molar refractivity (Wildman–Crippen MR) is 80.8 cm³/mol. The van der Waals surface area contributed by atoms with Gasteiger partial charge < -0.3 is 10.1 Å². The molecule has 0 saturated heterocycles. The van der Waals surface area contributed by atoms with Crippen molar-refractivity contribution in [1.82, 2.24) is 5.32 Å². The molecule has 0 saturated carbocycles. The molecule has 0 aliphatic rings. The number of hydrogen-bond donors (Lipinski definition) is 2. The van der Waals surface area contributed by atoms with Crippen molar-refractivity contribution in [2.45, 2.75) is 44.6 Å². The van der Waals surface area contributed by atoms with Gasteiger partial charge in [-0.3, -0.25) is 4.79 Å². The summed E-state index contributed by atoms with van der Waals surface area (Å²) in [5.41, 5.74) is -0.152. The molecule has 7 heteroatoms. The van der Waals surface area contributed by atoms with Gasteiger partial charge in [-0.25, -0.2) is 13.6 Å². The Labute approximate surface area is 125 Å². The summed E-state index contributed by atoms with van der Waals surface area (Å²) in [6.07, 6.45) is 0.748. The van der Waals surface area contributed by atoms with Crippen molar-refractivity contribution in [3.63, 3.8) is 0 Å². The Balaban J connectivity index is 3.20. The third-order valence-corrected chi connectivity index (χ3v) is 4.08. The van der Waals surface area contributed by atoms with Gasteiger partial charge in [0.1, 0.15) is 10.6 Å². The van der Waals surface area contributed by atoms with Crippen LogP contribution in [-0.2, 0) is 10.0 Å². The molecule has 1 aromatic carbocycles. The monoisotopic (exact) mass is 314 g/mol. The quantitative estimate of drug-likeness (QED) is 0.834. The molecule has 6 nitrogen and oxygen atoms in total. The first-order valence-corrected chi connectivity index (χ1v) is 8.27. The molecule has 0 bridgehead atoms. The number of rotatable bonds is 6. The second-order valence-electron chi connectivity index (χ2n) is 5.33. The van der Waals surface area contributed by atoms with E-state index in [-0.39, 0.29) is 27.7 Å². The highest BCUT2D eigenvalue weighted by Crippen LogP contribution is 2.24. The number of sulfonamides is 1. The maximum atomic E-state index is 12.2. The predicted octanol–water partition coefficient (Wildman–Crippen LogP) is 1.65. The van der Waals surface area contributed by atoms with E-state index in [1.54, 1.807) is 6.92 Å². The van der Waals surface area contributed by atoms with E-state index in [1.165, 1.54) is 18.2 Å². The summed E-state index contributed by atoms with van der Waals surface area (Å²) in [4.78, 5) is 12.0. The van der Waals surface area contributed by atoms with Crippen molar-refractivity contribution in [2.75, 3.05) is 6.61 Å². The van der Waals surface area contributed by atoms with E-state index < -0.39 is 10.0 Å². The molecule has 1 aromatic rings. The van der Waals surface area contributed by atoms with Gasteiger partial charge in [-0.15, -0.1) is 0 Å². The fraction of sp³-hybridized carbons (Fsp3) is 0.500. The number of hydrogen-bond acceptors (Lipinski definition) is 4. The maximum absolute atomic E-state index is 12.2. The molecule has 0 unspecified atom stereocenters. The van der Waals surface area contributed by atoms with Gasteiger partial charge in [-0.2, -0.15) is 0 Å². The van der Waals surface area contributed by atoms with Crippen molar-refractivity contribution >= 4 is 15.9 Å². The van der Waals surface area contributed by atoms with Crippen molar-refractivity contribution in [3.05, 3.63) is 23.8 Å². The van der Waals surface area contributed by atoms with Gasteiger partial charge in [0.2, 0.25) is 10.0 Å². The molecular formula is C14H22N2O4S. The van der Waals surface area contributed by atoms with E-state index in [0.717, 1.165) is 6.42 Å². The molecular weight excluding hydrogens is 292 g/mol. The SMILES string of the molecule is CCOc1ccc(C(=O)NC(C)(C)CC)cc1S(N)(=O)=O. The lowest BCUT2D eigenvalue weighted by molar-refractivity contribution is 0.0911. The van der Waals surface area contributed by atoms with Gasteiger partial charge in [0.05, 0.1) is 6.61 Å². The molecule has 1 rings (SSSR count). The molecule has 0 heterocycles. The first-order valence-electron chi connectivity index (χ1n) is 6.73. The highest BCUT2D eigenvalue weighted by Gasteiger charge is 2.22. The van der Waals surface area contributed by atoms with Crippen molar-refractivity contribution in [3.8, 4) is 5.75 Å². The van der Waals surface area contributed by atoms with Gasteiger partial charge in [0, 0.05) is 11.1 Å². The van der Waals surface area contributed by atoms with Crippen LogP contribution in [0.1, 0.15) is 44.5 Å². The summed E-state index contributed by atoms with van der Waals surface area (Å²) >= 11 is 0. The number of nitrogens with one attached hydrogen (secondary N) is 1. The van der Waals surface area contributed by atoms with E-state index in [0.29, 0.717) is 6.61 Å². The molecule has 0 aromatic heterocycles. The van der Waals surface area contributed by atoms with E-state index in [2.05, 4.69) is 5.32 Å². The van der Waals surface area contributed by atoms with E-state index in [1.807, 2.05) is 20.8 Å². The van der Waals surface area contributed by atoms with Crippen molar-refractivity contribution in [2.24, 2.45) is 5.14 Å². The van der Waals surface area contributed by atoms with Crippen LogP contribution in [0.5, 0.6) is 5.75 Å². The maximum Gasteiger partial charge on any atom is 0.251 e. The first-order chi connectivity index (χ1) is 9.60. The minimum absolute atomic E-state index is 0.145. The molecule has 0 atom stereocenters. The van der Waals surface area contributed by atoms with Crippen LogP contribution in [-0.4, -0.2) is 26.5 Å². The molecule has 21 heavy (non-hydrogen) atoms. The Morgan fingerprint density at radius 3 is 2.43 bits per heavy atom. The summed E-state index contributed by atoms with van der Waals surface area (Å²) in [6.45, 7) is 7.77. The Bertz CT molecular complexity index is 624. The molecule has 0 spiro atoms. The van der Waals surface area contributed by atoms with Crippen LogP contribution in [0.15, 0.2) is 23.1 Å². The smallest absolute Gasteiger partial charge is 0.251 e. The zero-order chi connectivity index (χ0) is 16.3. The van der Waals surface area contributed by atoms with Gasteiger partial charge in [-0.1, -0.05) is 6.92 Å². The molecule has 0 aliphatic carbocycles. The third-order valence-electron chi connectivity index (χ3n) is 3.15. The summed E-state index contributed by atoms with van der Waals surface area (Å²) in [7, 11) is -3.97. The standard InChI is InChI=1S/C14H22N2O4S/c1-5-14(3,4)16-13(17)10-7-8-11(20-6-2)12(9-10)21(15,18)19/h7-9H,5-6H2,1-4H3,(H,16,17)(H2,15,18,19). The molecule has 3 N–H and O–H groups in total. The third kappa shape index (κ3) is 4.71. The number of carbonyl (C=O) groups excluding carboxylic acids is 1. The minimum atomic E-state index is -3.97. The van der Waals surface area contributed by atoms with Crippen LogP contribution in [0, 0.1) is 0 Å². The number of ether oxygens (including phenoxy) is 1. The number of carbonyl (C=O) groups is 1. The zero-order valence-corrected chi connectivity index (χ0v) is 13.6. The fourth-order valence-corrected chi connectivity index (χ4v) is 2.31. The Morgan fingerprint density at radius 2 is 1.95 bits per heavy atom. The van der Waals surface area contributed by atoms with Crippen LogP contribution < -0.4 is 15.2 Å². The van der Waals surface area contributed by atoms with Crippen LogP contribution in [0.2, 0.25) is 0 Å². The van der Waals surface area contributed by atoms with Crippen LogP contribution in [0.25, 0.3) is 0 Å². The van der Waals surface area contributed by atoms with Crippen molar-refractivity contribution in [1.29, 1.82) is 0 Å². The van der Waals surface area contributed by atoms with Gasteiger partial charge in [0.15, 0.2) is 0 Å². The van der Waals surface area contributed by atoms with Crippen LogP contribution >= 0.6 is 0 Å². The highest BCUT2D eigenvalue weighted by molar-refractivity contribution is 7.89. The van der Waals surface area contributed by atoms with E-state index in [4.69, 9.17) is 9.88 Å². The zero-order valence-electron chi connectivity index (χ0n) is 12.8. The number of nitrogens with two attached hydrogens (primary N) is 1. The molecule has 0 radical (unpaired) electrons. The van der Waals surface area contributed by atoms with Crippen LogP contribution in [0.3, 0.4) is 0 Å². The largest absolute Gasteiger partial charge is 0.492 e. The van der Waals surface area contributed by atoms with Gasteiger partial charge >= 0.3 is 0 Å². The molecule has 0 aliphatic heterocycles.